The zero-order valence-electron chi connectivity index (χ0n) is 16.3. The summed E-state index contributed by atoms with van der Waals surface area (Å²) < 4.78 is 0. The van der Waals surface area contributed by atoms with Crippen LogP contribution in [-0.2, 0) is 24.3 Å². The fourth-order valence-electron chi connectivity index (χ4n) is 3.45. The molecule has 2 aromatic rings. The van der Waals surface area contributed by atoms with E-state index < -0.39 is 27.1 Å². The highest BCUT2D eigenvalue weighted by Crippen LogP contribution is 2.23. The third kappa shape index (κ3) is 5.03. The number of non-ortho nitro benzene ring substituents is 2. The van der Waals surface area contributed by atoms with Gasteiger partial charge in [0, 0.05) is 31.8 Å². The number of nitrogens with one attached hydrogen (secondary N) is 1. The van der Waals surface area contributed by atoms with Crippen molar-refractivity contribution in [2.75, 3.05) is 13.1 Å². The molecule has 1 heterocycles. The molecule has 1 aliphatic heterocycles. The fourth-order valence-corrected chi connectivity index (χ4v) is 3.45. The second kappa shape index (κ2) is 8.78. The summed E-state index contributed by atoms with van der Waals surface area (Å²) in [6.45, 7) is 3.64. The number of hydrogen-bond acceptors (Lipinski definition) is 7. The number of Topliss-reactive ketones (excluding diaryl/α,β-unsaturated/α-hetero) is 1. The van der Waals surface area contributed by atoms with Crippen LogP contribution < -0.4 is 5.32 Å². The summed E-state index contributed by atoms with van der Waals surface area (Å²) in [6.07, 6.45) is 0.793. The van der Waals surface area contributed by atoms with E-state index in [4.69, 9.17) is 0 Å². The molecule has 0 bridgehead atoms. The lowest BCUT2D eigenvalue weighted by Gasteiger charge is -2.28. The van der Waals surface area contributed by atoms with Gasteiger partial charge in [-0.25, -0.2) is 0 Å². The Bertz CT molecular complexity index is 1000. The van der Waals surface area contributed by atoms with Gasteiger partial charge < -0.3 is 5.32 Å². The number of nitrogens with zero attached hydrogens (tertiary/aromatic N) is 3. The molecule has 156 valence electrons. The first kappa shape index (κ1) is 21.1. The largest absolute Gasteiger partial charge is 0.348 e. The third-order valence-corrected chi connectivity index (χ3v) is 4.85. The molecule has 0 atom stereocenters. The maximum atomic E-state index is 12.4. The van der Waals surface area contributed by atoms with Crippen molar-refractivity contribution >= 4 is 23.1 Å². The Balaban J connectivity index is 1.69. The minimum atomic E-state index is -0.775. The first-order valence-corrected chi connectivity index (χ1v) is 9.27. The molecule has 1 N–H and O–H groups in total. The van der Waals surface area contributed by atoms with Gasteiger partial charge >= 0.3 is 0 Å². The zero-order valence-corrected chi connectivity index (χ0v) is 16.3. The van der Waals surface area contributed by atoms with Gasteiger partial charge in [0.1, 0.15) is 5.78 Å². The van der Waals surface area contributed by atoms with Crippen LogP contribution in [0.4, 0.5) is 11.4 Å². The van der Waals surface area contributed by atoms with Gasteiger partial charge in [-0.3, -0.25) is 34.7 Å². The average molecular weight is 412 g/mol. The highest BCUT2D eigenvalue weighted by Gasteiger charge is 2.20. The second-order valence-corrected chi connectivity index (χ2v) is 7.20. The lowest BCUT2D eigenvalue weighted by Crippen LogP contribution is -2.34. The van der Waals surface area contributed by atoms with E-state index in [0.29, 0.717) is 13.1 Å². The number of rotatable bonds is 7. The smallest absolute Gasteiger partial charge is 0.277 e. The summed E-state index contributed by atoms with van der Waals surface area (Å²) in [5.74, 6) is -0.508. The van der Waals surface area contributed by atoms with Crippen LogP contribution in [-0.4, -0.2) is 39.5 Å². The molecule has 2 aromatic carbocycles. The standard InChI is InChI=1S/C20H20N4O6/c1-13(25)11-22-5-4-15-6-14(2-3-16(15)12-22)10-21-20(26)17-7-18(23(27)28)9-19(8-17)24(29)30/h2-3,6-9H,4-5,10-12H2,1H3,(H,21,26). The van der Waals surface area contributed by atoms with Crippen LogP contribution in [0, 0.1) is 20.2 Å². The zero-order chi connectivity index (χ0) is 21.8. The topological polar surface area (TPSA) is 136 Å². The van der Waals surface area contributed by atoms with Crippen molar-refractivity contribution in [3.8, 4) is 0 Å². The molecule has 0 fully saturated rings. The van der Waals surface area contributed by atoms with Crippen LogP contribution in [0.15, 0.2) is 36.4 Å². The number of fused-ring (bicyclic) bond motifs is 1. The van der Waals surface area contributed by atoms with Crippen LogP contribution in [0.25, 0.3) is 0 Å². The van der Waals surface area contributed by atoms with Crippen LogP contribution in [0.1, 0.15) is 34.0 Å². The number of amides is 1. The van der Waals surface area contributed by atoms with Crippen LogP contribution >= 0.6 is 0 Å². The Labute approximate surface area is 171 Å². The van der Waals surface area contributed by atoms with E-state index in [-0.39, 0.29) is 17.9 Å². The molecular formula is C20H20N4O6. The molecule has 0 unspecified atom stereocenters. The molecule has 1 aliphatic rings. The minimum Gasteiger partial charge on any atom is -0.348 e. The Morgan fingerprint density at radius 3 is 2.30 bits per heavy atom. The van der Waals surface area contributed by atoms with E-state index in [0.717, 1.165) is 47.9 Å². The summed E-state index contributed by atoms with van der Waals surface area (Å²) in [7, 11) is 0. The molecule has 0 saturated heterocycles. The van der Waals surface area contributed by atoms with Crippen molar-refractivity contribution < 1.29 is 19.4 Å². The van der Waals surface area contributed by atoms with Gasteiger partial charge in [-0.2, -0.15) is 0 Å². The lowest BCUT2D eigenvalue weighted by molar-refractivity contribution is -0.394. The molecule has 0 radical (unpaired) electrons. The Hall–Kier alpha value is -3.66. The molecular weight excluding hydrogens is 392 g/mol. The molecule has 30 heavy (non-hydrogen) atoms. The van der Waals surface area contributed by atoms with Crippen molar-refractivity contribution in [3.63, 3.8) is 0 Å². The van der Waals surface area contributed by atoms with Crippen LogP contribution in [0.5, 0.6) is 0 Å². The molecule has 0 spiro atoms. The number of ketones is 1. The second-order valence-electron chi connectivity index (χ2n) is 7.20. The van der Waals surface area contributed by atoms with Crippen molar-refractivity contribution in [2.24, 2.45) is 0 Å². The van der Waals surface area contributed by atoms with Crippen molar-refractivity contribution in [3.05, 3.63) is 78.9 Å². The first-order valence-electron chi connectivity index (χ1n) is 9.27. The number of nitro benzene ring substituents is 2. The van der Waals surface area contributed by atoms with Gasteiger partial charge in [0.25, 0.3) is 17.3 Å². The minimum absolute atomic E-state index is 0.124. The van der Waals surface area contributed by atoms with Gasteiger partial charge in [-0.15, -0.1) is 0 Å². The average Bonchev–Trinajstić information content (AvgIpc) is 2.71. The molecule has 0 aliphatic carbocycles. The molecule has 3 rings (SSSR count). The number of hydrogen-bond donors (Lipinski definition) is 1. The predicted molar refractivity (Wildman–Crippen MR) is 107 cm³/mol. The highest BCUT2D eigenvalue weighted by molar-refractivity contribution is 5.95. The Morgan fingerprint density at radius 2 is 1.70 bits per heavy atom. The quantitative estimate of drug-likeness (QED) is 0.545. The molecule has 0 aromatic heterocycles. The number of nitro groups is 2. The van der Waals surface area contributed by atoms with Crippen molar-refractivity contribution in [1.82, 2.24) is 10.2 Å². The SMILES string of the molecule is CC(=O)CN1CCc2cc(CNC(=O)c3cc([N+](=O)[O-])cc([N+](=O)[O-])c3)ccc2C1. The Morgan fingerprint density at radius 1 is 1.03 bits per heavy atom. The fraction of sp³-hybridized carbons (Fsp3) is 0.300. The van der Waals surface area contributed by atoms with Crippen molar-refractivity contribution in [2.45, 2.75) is 26.4 Å². The van der Waals surface area contributed by atoms with Gasteiger partial charge in [-0.05, 0) is 30.0 Å². The summed E-state index contributed by atoms with van der Waals surface area (Å²) in [4.78, 5) is 46.2. The predicted octanol–water partition coefficient (Wildman–Crippen LogP) is 2.38. The normalized spacial score (nSPS) is 13.4. The molecule has 1 amide bonds. The highest BCUT2D eigenvalue weighted by atomic mass is 16.6. The molecule has 10 nitrogen and oxygen atoms in total. The van der Waals surface area contributed by atoms with Gasteiger partial charge in [-0.1, -0.05) is 18.2 Å². The number of carbonyl (C=O) groups excluding carboxylic acids is 2. The van der Waals surface area contributed by atoms with Gasteiger partial charge in [0.2, 0.25) is 0 Å². The van der Waals surface area contributed by atoms with Crippen molar-refractivity contribution in [1.29, 1.82) is 0 Å². The number of benzene rings is 2. The maximum absolute atomic E-state index is 12.4. The van der Waals surface area contributed by atoms with E-state index in [9.17, 15) is 29.8 Å². The van der Waals surface area contributed by atoms with Gasteiger partial charge in [0.15, 0.2) is 0 Å². The monoisotopic (exact) mass is 412 g/mol. The van der Waals surface area contributed by atoms with Crippen LogP contribution in [0.3, 0.4) is 0 Å². The first-order chi connectivity index (χ1) is 14.2. The van der Waals surface area contributed by atoms with Gasteiger partial charge in [0.05, 0.1) is 28.0 Å². The maximum Gasteiger partial charge on any atom is 0.277 e. The van der Waals surface area contributed by atoms with E-state index in [2.05, 4.69) is 10.2 Å². The molecule has 0 saturated carbocycles. The third-order valence-electron chi connectivity index (χ3n) is 4.85. The van der Waals surface area contributed by atoms with Crippen LogP contribution in [0.2, 0.25) is 0 Å². The Kier molecular flexibility index (Phi) is 6.17. The van der Waals surface area contributed by atoms with E-state index in [1.54, 1.807) is 6.92 Å². The van der Waals surface area contributed by atoms with E-state index in [1.165, 1.54) is 0 Å². The van der Waals surface area contributed by atoms with E-state index >= 15 is 0 Å². The summed E-state index contributed by atoms with van der Waals surface area (Å²) in [5, 5.41) is 24.6. The summed E-state index contributed by atoms with van der Waals surface area (Å²) in [5.41, 5.74) is 1.95. The molecule has 10 heteroatoms. The number of carbonyl (C=O) groups is 2. The summed E-state index contributed by atoms with van der Waals surface area (Å²) >= 11 is 0. The lowest BCUT2D eigenvalue weighted by atomic mass is 9.97. The van der Waals surface area contributed by atoms with E-state index in [1.807, 2.05) is 18.2 Å². The summed E-state index contributed by atoms with van der Waals surface area (Å²) in [6, 6.07) is 8.65.